The molecule has 0 saturated heterocycles. The van der Waals surface area contributed by atoms with E-state index in [0.717, 1.165) is 11.1 Å². The van der Waals surface area contributed by atoms with Gasteiger partial charge in [0.1, 0.15) is 40.6 Å². The topological polar surface area (TPSA) is 110 Å². The summed E-state index contributed by atoms with van der Waals surface area (Å²) in [5.74, 6) is 1.46. The van der Waals surface area contributed by atoms with Crippen LogP contribution in [0.5, 0.6) is 11.5 Å². The first-order valence-electron chi connectivity index (χ1n) is 10.8. The molecule has 184 valence electrons. The van der Waals surface area contributed by atoms with Crippen molar-refractivity contribution in [2.75, 3.05) is 19.1 Å². The Morgan fingerprint density at radius 1 is 0.941 bits per heavy atom. The van der Waals surface area contributed by atoms with Gasteiger partial charge in [-0.2, -0.15) is 0 Å². The molecule has 0 amide bonds. The summed E-state index contributed by atoms with van der Waals surface area (Å²) >= 11 is 7.59. The number of nitrogens with zero attached hydrogens (tertiary/aromatic N) is 3. The molecular weight excluding hydrogens is 573 g/mol. The maximum absolute atomic E-state index is 10.3. The molecule has 0 saturated carbocycles. The van der Waals surface area contributed by atoms with Gasteiger partial charge in [0.25, 0.3) is 0 Å². The Morgan fingerprint density at radius 2 is 1.44 bits per heavy atom. The maximum Gasteiger partial charge on any atom is 0.149 e. The number of hydrogen-bond donors (Lipinski definition) is 3. The van der Waals surface area contributed by atoms with Crippen molar-refractivity contribution >= 4 is 34.2 Å². The summed E-state index contributed by atoms with van der Waals surface area (Å²) in [5.41, 5.74) is 2.54. The first-order chi connectivity index (χ1) is 16.2. The highest BCUT2D eigenvalue weighted by atomic mass is 127. The minimum atomic E-state index is -0.801. The first-order valence-corrected chi connectivity index (χ1v) is 12.4. The molecule has 0 aliphatic heterocycles. The molecule has 3 rings (SSSR count). The van der Waals surface area contributed by atoms with E-state index in [9.17, 15) is 15.3 Å². The standard InChI is InChI=1S/C24H29ClIN3O5/c1-24(2,16-3-7-20(8-4-16)33-14-18(31)11-25)17-5-9-21(10-6-17)34-15-19(32)12-29-22(13-30)23(26)27-28-29/h3-10,18-19,30-32H,11-15H2,1-2H3/t18-,19-/m0/s1. The largest absolute Gasteiger partial charge is 0.491 e. The molecule has 0 bridgehead atoms. The van der Waals surface area contributed by atoms with Gasteiger partial charge in [-0.1, -0.05) is 43.3 Å². The van der Waals surface area contributed by atoms with Gasteiger partial charge in [0.15, 0.2) is 0 Å². The van der Waals surface area contributed by atoms with E-state index in [4.69, 9.17) is 21.1 Å². The van der Waals surface area contributed by atoms with E-state index < -0.39 is 12.2 Å². The van der Waals surface area contributed by atoms with Crippen LogP contribution in [0.25, 0.3) is 0 Å². The molecule has 0 aliphatic rings. The molecule has 0 aliphatic carbocycles. The predicted octanol–water partition coefficient (Wildman–Crippen LogP) is 3.12. The van der Waals surface area contributed by atoms with E-state index in [1.165, 1.54) is 4.68 Å². The summed E-state index contributed by atoms with van der Waals surface area (Å²) in [4.78, 5) is 0. The summed E-state index contributed by atoms with van der Waals surface area (Å²) in [6, 6.07) is 15.6. The van der Waals surface area contributed by atoms with Crippen LogP contribution in [0, 0.1) is 3.70 Å². The number of rotatable bonds is 12. The fraction of sp³-hybridized carbons (Fsp3) is 0.417. The van der Waals surface area contributed by atoms with Crippen LogP contribution in [0.2, 0.25) is 0 Å². The molecule has 1 aromatic heterocycles. The Balaban J connectivity index is 1.57. The van der Waals surface area contributed by atoms with E-state index in [0.29, 0.717) is 20.9 Å². The highest BCUT2D eigenvalue weighted by molar-refractivity contribution is 14.1. The van der Waals surface area contributed by atoms with Crippen LogP contribution < -0.4 is 9.47 Å². The molecule has 8 nitrogen and oxygen atoms in total. The SMILES string of the molecule is CC(C)(c1ccc(OC[C@@H](O)Cn2nnc(I)c2CO)cc1)c1ccc(OC[C@@H](O)CCl)cc1. The van der Waals surface area contributed by atoms with Crippen molar-refractivity contribution in [2.24, 2.45) is 0 Å². The number of halogens is 2. The maximum atomic E-state index is 10.3. The van der Waals surface area contributed by atoms with Gasteiger partial charge in [0.2, 0.25) is 0 Å². The molecule has 0 radical (unpaired) electrons. The fourth-order valence-electron chi connectivity index (χ4n) is 3.39. The Bertz CT molecular complexity index is 1040. The van der Waals surface area contributed by atoms with Crippen LogP contribution >= 0.6 is 34.2 Å². The predicted molar refractivity (Wildman–Crippen MR) is 137 cm³/mol. The quantitative estimate of drug-likeness (QED) is 0.216. The van der Waals surface area contributed by atoms with Gasteiger partial charge in [-0.25, -0.2) is 4.68 Å². The molecular formula is C24H29ClIN3O5. The smallest absolute Gasteiger partial charge is 0.149 e. The Kier molecular flexibility index (Phi) is 9.55. The number of hydrogen-bond acceptors (Lipinski definition) is 7. The molecule has 2 aromatic carbocycles. The second-order valence-electron chi connectivity index (χ2n) is 8.42. The van der Waals surface area contributed by atoms with Crippen molar-refractivity contribution in [1.29, 1.82) is 0 Å². The number of aliphatic hydroxyl groups excluding tert-OH is 3. The molecule has 1 heterocycles. The molecule has 2 atom stereocenters. The lowest BCUT2D eigenvalue weighted by molar-refractivity contribution is 0.0866. The van der Waals surface area contributed by atoms with E-state index >= 15 is 0 Å². The zero-order chi connectivity index (χ0) is 24.7. The van der Waals surface area contributed by atoms with Gasteiger partial charge in [0, 0.05) is 5.41 Å². The molecule has 0 fully saturated rings. The highest BCUT2D eigenvalue weighted by Crippen LogP contribution is 2.33. The van der Waals surface area contributed by atoms with Crippen LogP contribution in [0.15, 0.2) is 48.5 Å². The van der Waals surface area contributed by atoms with E-state index in [2.05, 4.69) is 24.2 Å². The van der Waals surface area contributed by atoms with Crippen LogP contribution in [0.3, 0.4) is 0 Å². The van der Waals surface area contributed by atoms with Crippen molar-refractivity contribution in [1.82, 2.24) is 15.0 Å². The third kappa shape index (κ3) is 6.82. The van der Waals surface area contributed by atoms with Crippen molar-refractivity contribution in [2.45, 2.75) is 44.6 Å². The second-order valence-corrected chi connectivity index (χ2v) is 9.76. The van der Waals surface area contributed by atoms with Crippen molar-refractivity contribution in [3.05, 3.63) is 69.1 Å². The van der Waals surface area contributed by atoms with Crippen LogP contribution in [-0.2, 0) is 18.6 Å². The molecule has 0 spiro atoms. The number of aliphatic hydroxyl groups is 3. The lowest BCUT2D eigenvalue weighted by atomic mass is 9.78. The summed E-state index contributed by atoms with van der Waals surface area (Å²) in [7, 11) is 0. The Morgan fingerprint density at radius 3 is 1.91 bits per heavy atom. The van der Waals surface area contributed by atoms with Crippen LogP contribution in [0.4, 0.5) is 0 Å². The third-order valence-electron chi connectivity index (χ3n) is 5.54. The van der Waals surface area contributed by atoms with E-state index in [1.54, 1.807) is 0 Å². The number of ether oxygens (including phenoxy) is 2. The van der Waals surface area contributed by atoms with Gasteiger partial charge in [-0.05, 0) is 58.0 Å². The van der Waals surface area contributed by atoms with Crippen LogP contribution in [0.1, 0.15) is 30.7 Å². The first kappa shape index (κ1) is 26.7. The Labute approximate surface area is 217 Å². The summed E-state index contributed by atoms with van der Waals surface area (Å²) in [6.45, 7) is 4.51. The minimum absolute atomic E-state index is 0.0872. The molecule has 0 unspecified atom stereocenters. The average Bonchev–Trinajstić information content (AvgIpc) is 3.20. The van der Waals surface area contributed by atoms with Crippen LogP contribution in [-0.4, -0.2) is 61.6 Å². The number of benzene rings is 2. The summed E-state index contributed by atoms with van der Waals surface area (Å²) in [6.07, 6.45) is -1.49. The van der Waals surface area contributed by atoms with E-state index in [-0.39, 0.29) is 37.7 Å². The monoisotopic (exact) mass is 601 g/mol. The summed E-state index contributed by atoms with van der Waals surface area (Å²) in [5, 5.41) is 37.1. The van der Waals surface area contributed by atoms with Gasteiger partial charge in [0.05, 0.1) is 24.7 Å². The zero-order valence-electron chi connectivity index (χ0n) is 19.1. The van der Waals surface area contributed by atoms with Gasteiger partial charge in [-0.15, -0.1) is 16.7 Å². The number of alkyl halides is 1. The minimum Gasteiger partial charge on any atom is -0.491 e. The van der Waals surface area contributed by atoms with Gasteiger partial charge < -0.3 is 24.8 Å². The van der Waals surface area contributed by atoms with Crippen molar-refractivity contribution in [3.8, 4) is 11.5 Å². The zero-order valence-corrected chi connectivity index (χ0v) is 22.0. The fourth-order valence-corrected chi connectivity index (χ4v) is 4.02. The lowest BCUT2D eigenvalue weighted by Gasteiger charge is -2.26. The number of aromatic nitrogens is 3. The van der Waals surface area contributed by atoms with Crippen molar-refractivity contribution < 1.29 is 24.8 Å². The van der Waals surface area contributed by atoms with Crippen molar-refractivity contribution in [3.63, 3.8) is 0 Å². The van der Waals surface area contributed by atoms with E-state index in [1.807, 2.05) is 71.1 Å². The molecule has 3 aromatic rings. The highest BCUT2D eigenvalue weighted by Gasteiger charge is 2.23. The lowest BCUT2D eigenvalue weighted by Crippen LogP contribution is -2.25. The molecule has 10 heteroatoms. The van der Waals surface area contributed by atoms with Gasteiger partial charge in [-0.3, -0.25) is 0 Å². The second kappa shape index (κ2) is 12.2. The normalized spacial score (nSPS) is 13.5. The molecule has 3 N–H and O–H groups in total. The summed E-state index contributed by atoms with van der Waals surface area (Å²) < 4.78 is 13.4. The molecule has 34 heavy (non-hydrogen) atoms. The van der Waals surface area contributed by atoms with Gasteiger partial charge >= 0.3 is 0 Å². The third-order valence-corrected chi connectivity index (χ3v) is 6.73. The Hall–Kier alpha value is -1.92. The average molecular weight is 602 g/mol.